The van der Waals surface area contributed by atoms with E-state index in [1.54, 1.807) is 18.2 Å². The van der Waals surface area contributed by atoms with E-state index in [9.17, 15) is 9.59 Å². The smallest absolute Gasteiger partial charge is 0.337 e. The van der Waals surface area contributed by atoms with Crippen molar-refractivity contribution in [3.8, 4) is 0 Å². The molecule has 0 heterocycles. The minimum atomic E-state index is -0.347. The molecule has 0 N–H and O–H groups in total. The summed E-state index contributed by atoms with van der Waals surface area (Å²) in [6.07, 6.45) is 4.75. The standard InChI is InChI=1S/C20H20O4/c1-23-20(22)18-13-11-16(12-14-18)7-5-6-10-19(21)24-15-17-8-3-2-4-9-17/h2-4,6,8-14H,5,7,15H2,1H3. The maximum absolute atomic E-state index is 11.6. The van der Waals surface area contributed by atoms with Gasteiger partial charge in [0.2, 0.25) is 0 Å². The van der Waals surface area contributed by atoms with Gasteiger partial charge in [-0.15, -0.1) is 0 Å². The van der Waals surface area contributed by atoms with Gasteiger partial charge in [0, 0.05) is 6.08 Å². The Morgan fingerprint density at radius 1 is 0.958 bits per heavy atom. The maximum atomic E-state index is 11.6. The van der Waals surface area contributed by atoms with Crippen molar-refractivity contribution < 1.29 is 19.1 Å². The van der Waals surface area contributed by atoms with Crippen molar-refractivity contribution in [2.45, 2.75) is 19.4 Å². The number of esters is 2. The summed E-state index contributed by atoms with van der Waals surface area (Å²) >= 11 is 0. The van der Waals surface area contributed by atoms with E-state index in [2.05, 4.69) is 4.74 Å². The molecule has 124 valence electrons. The molecule has 0 fully saturated rings. The summed E-state index contributed by atoms with van der Waals surface area (Å²) in [5.41, 5.74) is 2.58. The number of allylic oxidation sites excluding steroid dienone is 1. The first-order valence-electron chi connectivity index (χ1n) is 7.73. The molecule has 0 aromatic heterocycles. The number of rotatable bonds is 7. The first-order valence-corrected chi connectivity index (χ1v) is 7.73. The number of carbonyl (C=O) groups is 2. The third kappa shape index (κ3) is 5.72. The highest BCUT2D eigenvalue weighted by Crippen LogP contribution is 2.08. The van der Waals surface area contributed by atoms with Crippen molar-refractivity contribution in [2.24, 2.45) is 0 Å². The van der Waals surface area contributed by atoms with Crippen LogP contribution in [0.4, 0.5) is 0 Å². The molecule has 2 aromatic rings. The number of ether oxygens (including phenoxy) is 2. The molecule has 0 unspecified atom stereocenters. The van der Waals surface area contributed by atoms with Gasteiger partial charge in [0.1, 0.15) is 6.61 Å². The Labute approximate surface area is 141 Å². The summed E-state index contributed by atoms with van der Waals surface area (Å²) in [5, 5.41) is 0. The molecule has 24 heavy (non-hydrogen) atoms. The van der Waals surface area contributed by atoms with Crippen molar-refractivity contribution >= 4 is 11.9 Å². The van der Waals surface area contributed by atoms with Crippen LogP contribution in [0.5, 0.6) is 0 Å². The minimum absolute atomic E-state index is 0.277. The second kappa shape index (κ2) is 9.30. The summed E-state index contributed by atoms with van der Waals surface area (Å²) < 4.78 is 9.81. The fourth-order valence-electron chi connectivity index (χ4n) is 2.13. The van der Waals surface area contributed by atoms with E-state index in [1.165, 1.54) is 13.2 Å². The Hall–Kier alpha value is -2.88. The molecular weight excluding hydrogens is 304 g/mol. The highest BCUT2D eigenvalue weighted by Gasteiger charge is 2.04. The first kappa shape index (κ1) is 17.5. The summed E-state index contributed by atoms with van der Waals surface area (Å²) in [6.45, 7) is 0.277. The third-order valence-corrected chi connectivity index (χ3v) is 3.45. The summed E-state index contributed by atoms with van der Waals surface area (Å²) in [5.74, 6) is -0.692. The van der Waals surface area contributed by atoms with Crippen LogP contribution in [0.2, 0.25) is 0 Å². The van der Waals surface area contributed by atoms with Crippen LogP contribution in [-0.4, -0.2) is 19.0 Å². The van der Waals surface area contributed by atoms with Crippen molar-refractivity contribution in [3.05, 3.63) is 83.4 Å². The molecule has 0 aliphatic heterocycles. The number of benzene rings is 2. The predicted molar refractivity (Wildman–Crippen MR) is 91.5 cm³/mol. The Bertz CT molecular complexity index is 687. The van der Waals surface area contributed by atoms with Gasteiger partial charge in [-0.2, -0.15) is 0 Å². The van der Waals surface area contributed by atoms with Crippen molar-refractivity contribution in [1.82, 2.24) is 0 Å². The molecule has 0 atom stereocenters. The van der Waals surface area contributed by atoms with Gasteiger partial charge in [-0.3, -0.25) is 0 Å². The van der Waals surface area contributed by atoms with E-state index in [0.29, 0.717) is 5.56 Å². The lowest BCUT2D eigenvalue weighted by atomic mass is 10.1. The molecular formula is C20H20O4. The molecule has 0 amide bonds. The second-order valence-electron chi connectivity index (χ2n) is 5.22. The Morgan fingerprint density at radius 3 is 2.33 bits per heavy atom. The first-order chi connectivity index (χ1) is 11.7. The van der Waals surface area contributed by atoms with Crippen LogP contribution in [0.1, 0.15) is 27.9 Å². The SMILES string of the molecule is COC(=O)c1ccc(CCC=CC(=O)OCc2ccccc2)cc1. The summed E-state index contributed by atoms with van der Waals surface area (Å²) in [6, 6.07) is 16.8. The average molecular weight is 324 g/mol. The molecule has 2 rings (SSSR count). The van der Waals surface area contributed by atoms with E-state index in [-0.39, 0.29) is 18.5 Å². The van der Waals surface area contributed by atoms with Crippen molar-refractivity contribution in [2.75, 3.05) is 7.11 Å². The maximum Gasteiger partial charge on any atom is 0.337 e. The lowest BCUT2D eigenvalue weighted by molar-refractivity contribution is -0.139. The largest absolute Gasteiger partial charge is 0.465 e. The van der Waals surface area contributed by atoms with Crippen LogP contribution in [0.25, 0.3) is 0 Å². The van der Waals surface area contributed by atoms with E-state index in [4.69, 9.17) is 4.74 Å². The molecule has 4 nitrogen and oxygen atoms in total. The Kier molecular flexibility index (Phi) is 6.77. The third-order valence-electron chi connectivity index (χ3n) is 3.45. The van der Waals surface area contributed by atoms with Gasteiger partial charge in [-0.05, 0) is 36.1 Å². The minimum Gasteiger partial charge on any atom is -0.465 e. The van der Waals surface area contributed by atoms with E-state index in [0.717, 1.165) is 24.0 Å². The monoisotopic (exact) mass is 324 g/mol. The van der Waals surface area contributed by atoms with E-state index in [1.807, 2.05) is 42.5 Å². The van der Waals surface area contributed by atoms with Gasteiger partial charge in [0.25, 0.3) is 0 Å². The molecule has 0 bridgehead atoms. The van der Waals surface area contributed by atoms with Crippen molar-refractivity contribution in [3.63, 3.8) is 0 Å². The molecule has 0 aliphatic rings. The van der Waals surface area contributed by atoms with Crippen LogP contribution >= 0.6 is 0 Å². The highest BCUT2D eigenvalue weighted by atomic mass is 16.5. The van der Waals surface area contributed by atoms with Crippen LogP contribution in [-0.2, 0) is 27.3 Å². The van der Waals surface area contributed by atoms with Gasteiger partial charge >= 0.3 is 11.9 Å². The summed E-state index contributed by atoms with van der Waals surface area (Å²) in [7, 11) is 1.36. The van der Waals surface area contributed by atoms with Gasteiger partial charge < -0.3 is 9.47 Å². The fraction of sp³-hybridized carbons (Fsp3) is 0.200. The number of aryl methyl sites for hydroxylation is 1. The predicted octanol–water partition coefficient (Wildman–Crippen LogP) is 3.71. The second-order valence-corrected chi connectivity index (χ2v) is 5.22. The topological polar surface area (TPSA) is 52.6 Å². The van der Waals surface area contributed by atoms with Gasteiger partial charge in [-0.25, -0.2) is 9.59 Å². The molecule has 0 spiro atoms. The van der Waals surface area contributed by atoms with Gasteiger partial charge in [0.15, 0.2) is 0 Å². The Morgan fingerprint density at radius 2 is 1.67 bits per heavy atom. The molecule has 2 aromatic carbocycles. The highest BCUT2D eigenvalue weighted by molar-refractivity contribution is 5.89. The van der Waals surface area contributed by atoms with Crippen molar-refractivity contribution in [1.29, 1.82) is 0 Å². The number of carbonyl (C=O) groups excluding carboxylic acids is 2. The number of hydrogen-bond donors (Lipinski definition) is 0. The van der Waals surface area contributed by atoms with E-state index >= 15 is 0 Å². The van der Waals surface area contributed by atoms with Gasteiger partial charge in [0.05, 0.1) is 12.7 Å². The van der Waals surface area contributed by atoms with Crippen LogP contribution in [0, 0.1) is 0 Å². The molecule has 0 saturated heterocycles. The van der Waals surface area contributed by atoms with E-state index < -0.39 is 0 Å². The normalized spacial score (nSPS) is 10.5. The zero-order chi connectivity index (χ0) is 17.2. The zero-order valence-corrected chi connectivity index (χ0v) is 13.6. The number of hydrogen-bond acceptors (Lipinski definition) is 4. The average Bonchev–Trinajstić information content (AvgIpc) is 2.64. The summed E-state index contributed by atoms with van der Waals surface area (Å²) in [4.78, 5) is 23.0. The quantitative estimate of drug-likeness (QED) is 0.575. The van der Waals surface area contributed by atoms with Gasteiger partial charge in [-0.1, -0.05) is 48.5 Å². The van der Waals surface area contributed by atoms with Crippen LogP contribution in [0.3, 0.4) is 0 Å². The molecule has 0 saturated carbocycles. The number of methoxy groups -OCH3 is 1. The lowest BCUT2D eigenvalue weighted by Gasteiger charge is -2.02. The fourth-order valence-corrected chi connectivity index (χ4v) is 2.13. The zero-order valence-electron chi connectivity index (χ0n) is 13.6. The Balaban J connectivity index is 1.72. The molecule has 0 radical (unpaired) electrons. The lowest BCUT2D eigenvalue weighted by Crippen LogP contribution is -2.01. The van der Waals surface area contributed by atoms with Crippen LogP contribution in [0.15, 0.2) is 66.7 Å². The molecule has 0 aliphatic carbocycles. The molecule has 4 heteroatoms. The van der Waals surface area contributed by atoms with Crippen LogP contribution < -0.4 is 0 Å².